The number of hydrogen-bond donors (Lipinski definition) is 3. The molecule has 3 aromatic carbocycles. The molecule has 0 unspecified atom stereocenters. The van der Waals surface area contributed by atoms with Crippen LogP contribution in [-0.2, 0) is 6.42 Å². The number of imidazole rings is 1. The van der Waals surface area contributed by atoms with Crippen molar-refractivity contribution in [3.63, 3.8) is 0 Å². The highest BCUT2D eigenvalue weighted by molar-refractivity contribution is 5.89. The third-order valence-electron chi connectivity index (χ3n) is 5.62. The molecule has 8 nitrogen and oxygen atoms in total. The lowest BCUT2D eigenvalue weighted by molar-refractivity contribution is 0.203. The zero-order valence-electron chi connectivity index (χ0n) is 17.8. The minimum absolute atomic E-state index is 0.0488. The smallest absolute Gasteiger partial charge is 0.413 e. The molecule has 170 valence electrons. The summed E-state index contributed by atoms with van der Waals surface area (Å²) in [5, 5.41) is 17.0. The Hall–Kier alpha value is -4.60. The van der Waals surface area contributed by atoms with Gasteiger partial charge in [0.1, 0.15) is 11.3 Å². The number of fused-ring (bicyclic) bond motifs is 2. The largest absolute Gasteiger partial charge is 0.465 e. The highest BCUT2D eigenvalue weighted by Crippen LogP contribution is 2.30. The molecular formula is C24H17F2N5O3. The molecule has 0 saturated carbocycles. The molecule has 0 aliphatic heterocycles. The molecule has 5 aromatic rings. The number of nitrogens with one attached hydrogen (secondary N) is 2. The fraction of sp³-hybridized carbons (Fsp3) is 0.0833. The van der Waals surface area contributed by atoms with Gasteiger partial charge in [0.2, 0.25) is 5.95 Å². The number of nitrogens with zero attached hydrogens (tertiary/aromatic N) is 3. The molecule has 3 N–H and O–H groups in total. The SMILES string of the molecule is CN(C(=O)O)c1nc2c(F)cc(-c3cc(Cc4n[nH]c(=O)c5ccccc45)ccc3F)cc2[nH]1. The van der Waals surface area contributed by atoms with Crippen molar-refractivity contribution in [3.05, 3.63) is 87.8 Å². The van der Waals surface area contributed by atoms with Crippen molar-refractivity contribution < 1.29 is 18.7 Å². The van der Waals surface area contributed by atoms with Crippen molar-refractivity contribution in [3.8, 4) is 11.1 Å². The summed E-state index contributed by atoms with van der Waals surface area (Å²) in [6, 6.07) is 14.2. The number of carbonyl (C=O) groups is 1. The van der Waals surface area contributed by atoms with E-state index in [1.807, 2.05) is 6.07 Å². The number of H-pyrrole nitrogens is 2. The second-order valence-corrected chi connectivity index (χ2v) is 7.79. The number of halogens is 2. The minimum atomic E-state index is -1.26. The van der Waals surface area contributed by atoms with Crippen LogP contribution in [0.3, 0.4) is 0 Å². The quantitative estimate of drug-likeness (QED) is 0.366. The monoisotopic (exact) mass is 461 g/mol. The van der Waals surface area contributed by atoms with E-state index in [1.54, 1.807) is 30.3 Å². The summed E-state index contributed by atoms with van der Waals surface area (Å²) >= 11 is 0. The van der Waals surface area contributed by atoms with Crippen LogP contribution in [0.2, 0.25) is 0 Å². The number of hydrogen-bond acceptors (Lipinski definition) is 4. The van der Waals surface area contributed by atoms with Crippen molar-refractivity contribution in [1.82, 2.24) is 20.2 Å². The van der Waals surface area contributed by atoms with E-state index in [4.69, 9.17) is 5.11 Å². The van der Waals surface area contributed by atoms with Crippen molar-refractivity contribution in [2.24, 2.45) is 0 Å². The normalized spacial score (nSPS) is 11.3. The maximum Gasteiger partial charge on any atom is 0.413 e. The third kappa shape index (κ3) is 3.64. The van der Waals surface area contributed by atoms with Gasteiger partial charge in [-0.15, -0.1) is 0 Å². The van der Waals surface area contributed by atoms with E-state index >= 15 is 0 Å². The third-order valence-corrected chi connectivity index (χ3v) is 5.62. The molecule has 0 fully saturated rings. The summed E-state index contributed by atoms with van der Waals surface area (Å²) in [6.45, 7) is 0. The zero-order valence-corrected chi connectivity index (χ0v) is 17.8. The number of benzene rings is 3. The Kier molecular flexibility index (Phi) is 5.05. The Morgan fingerprint density at radius 1 is 1.06 bits per heavy atom. The lowest BCUT2D eigenvalue weighted by Crippen LogP contribution is -2.24. The van der Waals surface area contributed by atoms with E-state index in [0.29, 0.717) is 28.5 Å². The Morgan fingerprint density at radius 3 is 2.59 bits per heavy atom. The van der Waals surface area contributed by atoms with Crippen LogP contribution in [0, 0.1) is 11.6 Å². The first-order valence-corrected chi connectivity index (χ1v) is 10.2. The molecule has 2 aromatic heterocycles. The van der Waals surface area contributed by atoms with Gasteiger partial charge in [0, 0.05) is 24.4 Å². The first-order chi connectivity index (χ1) is 16.3. The van der Waals surface area contributed by atoms with E-state index in [0.717, 1.165) is 11.0 Å². The number of amides is 1. The standard InChI is InChI=1S/C24H17F2N5O3/c1-31(24(33)34)23-27-20-11-13(10-18(26)21(20)28-23)16-8-12(6-7-17(16)25)9-19-14-4-2-3-5-15(14)22(32)30-29-19/h2-8,10-11H,9H2,1H3,(H,27,28)(H,30,32)(H,33,34). The predicted octanol–water partition coefficient (Wildman–Crippen LogP) is 4.45. The Balaban J connectivity index is 1.56. The second kappa shape index (κ2) is 8.07. The Bertz CT molecular complexity index is 1640. The second-order valence-electron chi connectivity index (χ2n) is 7.79. The van der Waals surface area contributed by atoms with Gasteiger partial charge in [-0.1, -0.05) is 24.3 Å². The molecule has 1 amide bonds. The topological polar surface area (TPSA) is 115 Å². The predicted molar refractivity (Wildman–Crippen MR) is 123 cm³/mol. The van der Waals surface area contributed by atoms with Crippen LogP contribution < -0.4 is 10.5 Å². The van der Waals surface area contributed by atoms with Crippen LogP contribution in [-0.4, -0.2) is 38.4 Å². The maximum absolute atomic E-state index is 14.8. The molecular weight excluding hydrogens is 444 g/mol. The van der Waals surface area contributed by atoms with Crippen molar-refractivity contribution >= 4 is 33.8 Å². The Morgan fingerprint density at radius 2 is 1.82 bits per heavy atom. The summed E-state index contributed by atoms with van der Waals surface area (Å²) in [4.78, 5) is 30.8. The van der Waals surface area contributed by atoms with Gasteiger partial charge in [0.15, 0.2) is 5.82 Å². The number of aromatic nitrogens is 4. The van der Waals surface area contributed by atoms with Crippen LogP contribution in [0.25, 0.3) is 32.9 Å². The van der Waals surface area contributed by atoms with Gasteiger partial charge >= 0.3 is 6.09 Å². The molecule has 0 aliphatic rings. The van der Waals surface area contributed by atoms with E-state index in [2.05, 4.69) is 20.2 Å². The lowest BCUT2D eigenvalue weighted by atomic mass is 9.98. The van der Waals surface area contributed by atoms with E-state index in [1.165, 1.54) is 19.2 Å². The molecule has 0 radical (unpaired) electrons. The van der Waals surface area contributed by atoms with Crippen molar-refractivity contribution in [2.75, 3.05) is 11.9 Å². The molecule has 0 bridgehead atoms. The molecule has 5 rings (SSSR count). The minimum Gasteiger partial charge on any atom is -0.465 e. The van der Waals surface area contributed by atoms with Crippen molar-refractivity contribution in [1.29, 1.82) is 0 Å². The van der Waals surface area contributed by atoms with Gasteiger partial charge in [-0.05, 0) is 41.5 Å². The molecule has 0 aliphatic carbocycles. The molecule has 0 saturated heterocycles. The van der Waals surface area contributed by atoms with Crippen LogP contribution >= 0.6 is 0 Å². The molecule has 0 atom stereocenters. The molecule has 0 spiro atoms. The first-order valence-electron chi connectivity index (χ1n) is 10.2. The van der Waals surface area contributed by atoms with E-state index in [9.17, 15) is 18.4 Å². The van der Waals surface area contributed by atoms with Crippen LogP contribution in [0.1, 0.15) is 11.3 Å². The summed E-state index contributed by atoms with van der Waals surface area (Å²) < 4.78 is 29.6. The fourth-order valence-electron chi connectivity index (χ4n) is 3.87. The lowest BCUT2D eigenvalue weighted by Gasteiger charge is -2.09. The molecule has 34 heavy (non-hydrogen) atoms. The average Bonchev–Trinajstić information content (AvgIpc) is 3.26. The number of carboxylic acid groups (broad SMARTS) is 1. The first kappa shape index (κ1) is 21.3. The summed E-state index contributed by atoms with van der Waals surface area (Å²) in [7, 11) is 1.27. The summed E-state index contributed by atoms with van der Waals surface area (Å²) in [5.74, 6) is -1.32. The van der Waals surface area contributed by atoms with E-state index < -0.39 is 17.7 Å². The summed E-state index contributed by atoms with van der Waals surface area (Å²) in [5.41, 5.74) is 1.63. The van der Waals surface area contributed by atoms with E-state index in [-0.39, 0.29) is 33.7 Å². The van der Waals surface area contributed by atoms with Gasteiger partial charge in [0.05, 0.1) is 16.6 Å². The van der Waals surface area contributed by atoms with Crippen LogP contribution in [0.4, 0.5) is 19.5 Å². The van der Waals surface area contributed by atoms with Crippen LogP contribution in [0.15, 0.2) is 59.4 Å². The van der Waals surface area contributed by atoms with Crippen molar-refractivity contribution in [2.45, 2.75) is 6.42 Å². The van der Waals surface area contributed by atoms with Gasteiger partial charge in [-0.3, -0.25) is 9.69 Å². The molecule has 10 heteroatoms. The maximum atomic E-state index is 14.8. The van der Waals surface area contributed by atoms with Crippen LogP contribution in [0.5, 0.6) is 0 Å². The highest BCUT2D eigenvalue weighted by Gasteiger charge is 2.18. The van der Waals surface area contributed by atoms with Gasteiger partial charge < -0.3 is 10.1 Å². The molecule has 2 heterocycles. The Labute approximate surface area is 190 Å². The summed E-state index contributed by atoms with van der Waals surface area (Å²) in [6.07, 6.45) is -0.950. The highest BCUT2D eigenvalue weighted by atomic mass is 19.1. The number of rotatable bonds is 4. The fourth-order valence-corrected chi connectivity index (χ4v) is 3.87. The number of aromatic amines is 2. The van der Waals surface area contributed by atoms with Gasteiger partial charge in [-0.2, -0.15) is 5.10 Å². The van der Waals surface area contributed by atoms with Gasteiger partial charge in [-0.25, -0.2) is 23.7 Å². The number of anilines is 1. The zero-order chi connectivity index (χ0) is 24.0. The van der Waals surface area contributed by atoms with Gasteiger partial charge in [0.25, 0.3) is 5.56 Å². The average molecular weight is 461 g/mol.